The van der Waals surface area contributed by atoms with E-state index in [4.69, 9.17) is 5.73 Å². The lowest BCUT2D eigenvalue weighted by Gasteiger charge is -2.34. The highest BCUT2D eigenvalue weighted by atomic mass is 79.9. The van der Waals surface area contributed by atoms with Crippen LogP contribution in [0.2, 0.25) is 0 Å². The second-order valence-electron chi connectivity index (χ2n) is 5.63. The molecule has 3 N–H and O–H groups in total. The zero-order valence-electron chi connectivity index (χ0n) is 11.9. The lowest BCUT2D eigenvalue weighted by Crippen LogP contribution is -2.61. The zero-order valence-corrected chi connectivity index (χ0v) is 14.3. The number of thioether (sulfide) groups is 1. The Hall–Kier alpha value is -0.520. The van der Waals surface area contributed by atoms with Crippen LogP contribution in [0.4, 0.5) is 0 Å². The summed E-state index contributed by atoms with van der Waals surface area (Å²) < 4.78 is 1.06. The molecule has 0 aliphatic heterocycles. The molecular formula is C15H21BrN2OS. The number of hydrogen-bond acceptors (Lipinski definition) is 3. The summed E-state index contributed by atoms with van der Waals surface area (Å²) in [4.78, 5) is 13.2. The van der Waals surface area contributed by atoms with Crippen LogP contribution in [0.25, 0.3) is 0 Å². The van der Waals surface area contributed by atoms with Crippen LogP contribution in [-0.4, -0.2) is 23.2 Å². The maximum Gasteiger partial charge on any atom is 0.238 e. The third kappa shape index (κ3) is 3.57. The number of carbonyl (C=O) groups excluding carboxylic acids is 1. The largest absolute Gasteiger partial charge is 0.368 e. The number of primary amides is 1. The van der Waals surface area contributed by atoms with Gasteiger partial charge < -0.3 is 11.1 Å². The van der Waals surface area contributed by atoms with Gasteiger partial charge in [0.25, 0.3) is 0 Å². The van der Waals surface area contributed by atoms with E-state index in [0.29, 0.717) is 11.7 Å². The van der Waals surface area contributed by atoms with Crippen LogP contribution in [0.3, 0.4) is 0 Å². The maximum absolute atomic E-state index is 12.1. The Bertz CT molecular complexity index is 491. The minimum atomic E-state index is -0.589. The van der Waals surface area contributed by atoms with Crippen molar-refractivity contribution < 1.29 is 4.79 Å². The summed E-state index contributed by atoms with van der Waals surface area (Å²) in [5.41, 5.74) is 5.15. The molecule has 1 saturated carbocycles. The number of nitrogens with one attached hydrogen (secondary N) is 1. The highest BCUT2D eigenvalue weighted by molar-refractivity contribution is 9.10. The van der Waals surface area contributed by atoms with Crippen molar-refractivity contribution in [1.29, 1.82) is 0 Å². The smallest absolute Gasteiger partial charge is 0.238 e. The van der Waals surface area contributed by atoms with Crippen molar-refractivity contribution in [3.05, 3.63) is 28.7 Å². The Morgan fingerprint density at radius 3 is 2.65 bits per heavy atom. The summed E-state index contributed by atoms with van der Waals surface area (Å²) in [5.74, 6) is 0.819. The van der Waals surface area contributed by atoms with Crippen LogP contribution in [-0.2, 0) is 4.79 Å². The first kappa shape index (κ1) is 15.9. The second-order valence-corrected chi connectivity index (χ2v) is 7.50. The summed E-state index contributed by atoms with van der Waals surface area (Å²) >= 11 is 5.23. The summed E-state index contributed by atoms with van der Waals surface area (Å²) in [6.07, 6.45) is 2.17. The Labute approximate surface area is 133 Å². The molecule has 1 aliphatic rings. The van der Waals surface area contributed by atoms with Gasteiger partial charge in [0.1, 0.15) is 5.54 Å². The molecule has 1 aromatic carbocycles. The van der Waals surface area contributed by atoms with Crippen molar-refractivity contribution in [2.24, 2.45) is 11.7 Å². The minimum absolute atomic E-state index is 0.228. The molecule has 1 unspecified atom stereocenters. The van der Waals surface area contributed by atoms with E-state index >= 15 is 0 Å². The van der Waals surface area contributed by atoms with Gasteiger partial charge in [-0.05, 0) is 60.7 Å². The molecule has 1 atom stereocenters. The highest BCUT2D eigenvalue weighted by Crippen LogP contribution is 2.43. The molecule has 0 heterocycles. The number of benzene rings is 1. The van der Waals surface area contributed by atoms with Gasteiger partial charge in [0, 0.05) is 21.2 Å². The Morgan fingerprint density at radius 2 is 2.15 bits per heavy atom. The standard InChI is InChI=1S/C15H21BrN2OS/c1-10(2)18-15(14(17)19,11-7-8-11)9-20-13-6-4-3-5-12(13)16/h3-6,10-11,18H,7-9H2,1-2H3,(H2,17,19). The summed E-state index contributed by atoms with van der Waals surface area (Å²) in [6, 6.07) is 8.31. The number of amides is 1. The van der Waals surface area contributed by atoms with Crippen LogP contribution in [0.15, 0.2) is 33.6 Å². The second kappa shape index (κ2) is 6.50. The van der Waals surface area contributed by atoms with E-state index in [2.05, 4.69) is 41.2 Å². The summed E-state index contributed by atoms with van der Waals surface area (Å²) in [6.45, 7) is 4.12. The SMILES string of the molecule is CC(C)NC(CSc1ccccc1Br)(C(N)=O)C1CC1. The Morgan fingerprint density at radius 1 is 1.50 bits per heavy atom. The van der Waals surface area contributed by atoms with E-state index < -0.39 is 5.54 Å². The highest BCUT2D eigenvalue weighted by Gasteiger charge is 2.49. The average Bonchev–Trinajstić information content (AvgIpc) is 3.20. The van der Waals surface area contributed by atoms with Crippen molar-refractivity contribution in [3.8, 4) is 0 Å². The molecule has 1 amide bonds. The number of halogens is 1. The van der Waals surface area contributed by atoms with E-state index in [-0.39, 0.29) is 11.9 Å². The monoisotopic (exact) mass is 356 g/mol. The van der Waals surface area contributed by atoms with Gasteiger partial charge >= 0.3 is 0 Å². The number of carbonyl (C=O) groups is 1. The van der Waals surface area contributed by atoms with Crippen LogP contribution < -0.4 is 11.1 Å². The van der Waals surface area contributed by atoms with Crippen molar-refractivity contribution >= 4 is 33.6 Å². The first-order valence-electron chi connectivity index (χ1n) is 6.90. The van der Waals surface area contributed by atoms with Crippen LogP contribution in [0.1, 0.15) is 26.7 Å². The third-order valence-corrected chi connectivity index (χ3v) is 5.77. The molecule has 1 aliphatic carbocycles. The van der Waals surface area contributed by atoms with Gasteiger partial charge in [0.2, 0.25) is 5.91 Å². The predicted molar refractivity (Wildman–Crippen MR) is 87.8 cm³/mol. The van der Waals surface area contributed by atoms with Gasteiger partial charge in [-0.15, -0.1) is 11.8 Å². The molecule has 5 heteroatoms. The van der Waals surface area contributed by atoms with Crippen molar-refractivity contribution in [1.82, 2.24) is 5.32 Å². The summed E-state index contributed by atoms with van der Waals surface area (Å²) in [5, 5.41) is 3.43. The molecule has 3 nitrogen and oxygen atoms in total. The molecule has 0 bridgehead atoms. The first-order valence-corrected chi connectivity index (χ1v) is 8.68. The topological polar surface area (TPSA) is 55.1 Å². The third-order valence-electron chi connectivity index (χ3n) is 3.55. The lowest BCUT2D eigenvalue weighted by atomic mass is 9.93. The van der Waals surface area contributed by atoms with Gasteiger partial charge in [0.15, 0.2) is 0 Å². The fourth-order valence-electron chi connectivity index (χ4n) is 2.47. The van der Waals surface area contributed by atoms with Crippen LogP contribution >= 0.6 is 27.7 Å². The number of hydrogen-bond donors (Lipinski definition) is 2. The number of nitrogens with two attached hydrogens (primary N) is 1. The predicted octanol–water partition coefficient (Wildman–Crippen LogP) is 3.17. The van der Waals surface area contributed by atoms with E-state index in [0.717, 1.165) is 22.2 Å². The fraction of sp³-hybridized carbons (Fsp3) is 0.533. The van der Waals surface area contributed by atoms with Gasteiger partial charge in [-0.25, -0.2) is 0 Å². The van der Waals surface area contributed by atoms with Crippen molar-refractivity contribution in [2.75, 3.05) is 5.75 Å². The van der Waals surface area contributed by atoms with Gasteiger partial charge in [-0.2, -0.15) is 0 Å². The van der Waals surface area contributed by atoms with Crippen molar-refractivity contribution in [2.45, 2.75) is 43.2 Å². The van der Waals surface area contributed by atoms with Crippen LogP contribution in [0.5, 0.6) is 0 Å². The maximum atomic E-state index is 12.1. The summed E-state index contributed by atoms with van der Waals surface area (Å²) in [7, 11) is 0. The van der Waals surface area contributed by atoms with Crippen molar-refractivity contribution in [3.63, 3.8) is 0 Å². The molecule has 110 valence electrons. The van der Waals surface area contributed by atoms with Crippen LogP contribution in [0, 0.1) is 5.92 Å². The van der Waals surface area contributed by atoms with E-state index in [1.165, 1.54) is 0 Å². The minimum Gasteiger partial charge on any atom is -0.368 e. The molecule has 0 spiro atoms. The van der Waals surface area contributed by atoms with Gasteiger partial charge in [-0.3, -0.25) is 4.79 Å². The molecular weight excluding hydrogens is 336 g/mol. The van der Waals surface area contributed by atoms with E-state index in [1.54, 1.807) is 11.8 Å². The van der Waals surface area contributed by atoms with Gasteiger partial charge in [-0.1, -0.05) is 12.1 Å². The molecule has 0 radical (unpaired) electrons. The molecule has 1 aromatic rings. The van der Waals surface area contributed by atoms with E-state index in [9.17, 15) is 4.79 Å². The number of rotatable bonds is 7. The first-order chi connectivity index (χ1) is 9.45. The lowest BCUT2D eigenvalue weighted by molar-refractivity contribution is -0.124. The van der Waals surface area contributed by atoms with Gasteiger partial charge in [0.05, 0.1) is 0 Å². The quantitative estimate of drug-likeness (QED) is 0.737. The van der Waals surface area contributed by atoms with E-state index in [1.807, 2.05) is 18.2 Å². The normalized spacial score (nSPS) is 18.0. The average molecular weight is 357 g/mol. The molecule has 0 aromatic heterocycles. The fourth-order valence-corrected chi connectivity index (χ4v) is 4.32. The zero-order chi connectivity index (χ0) is 14.8. The molecule has 0 saturated heterocycles. The Balaban J connectivity index is 2.15. The molecule has 1 fully saturated rings. The molecule has 20 heavy (non-hydrogen) atoms. The molecule has 2 rings (SSSR count). The Kier molecular flexibility index (Phi) is 5.15.